The molecule has 31 heavy (non-hydrogen) atoms. The van der Waals surface area contributed by atoms with E-state index in [1.54, 1.807) is 23.6 Å². The van der Waals surface area contributed by atoms with Gasteiger partial charge in [0.05, 0.1) is 17.1 Å². The molecule has 1 aromatic heterocycles. The third-order valence-electron chi connectivity index (χ3n) is 5.39. The van der Waals surface area contributed by atoms with Gasteiger partial charge in [-0.2, -0.15) is 18.2 Å². The minimum Gasteiger partial charge on any atom is -0.353 e. The van der Waals surface area contributed by atoms with Crippen molar-refractivity contribution in [3.05, 3.63) is 22.8 Å². The van der Waals surface area contributed by atoms with Gasteiger partial charge >= 0.3 is 12.2 Å². The second kappa shape index (κ2) is 8.50. The number of rotatable bonds is 5. The molecule has 0 radical (unpaired) electrons. The number of carbonyl (C=O) groups excluding carboxylic acids is 3. The number of halogens is 4. The molecule has 2 aliphatic rings. The zero-order valence-corrected chi connectivity index (χ0v) is 17.7. The summed E-state index contributed by atoms with van der Waals surface area (Å²) in [7, 11) is 0. The number of alkyl halides is 3. The first kappa shape index (κ1) is 23.1. The zero-order chi connectivity index (χ0) is 23.0. The van der Waals surface area contributed by atoms with Crippen LogP contribution in [0.2, 0.25) is 5.02 Å². The molecule has 0 saturated carbocycles. The van der Waals surface area contributed by atoms with Gasteiger partial charge in [-0.05, 0) is 19.4 Å². The number of nitrogens with one attached hydrogen (secondary N) is 2. The summed E-state index contributed by atoms with van der Waals surface area (Å²) < 4.78 is 38.3. The Hall–Kier alpha value is -2.60. The predicted octanol–water partition coefficient (Wildman–Crippen LogP) is 1.63. The summed E-state index contributed by atoms with van der Waals surface area (Å²) in [6.07, 6.45) is -3.40. The highest BCUT2D eigenvalue weighted by molar-refractivity contribution is 6.33. The fraction of sp³-hybridized carbons (Fsp3) is 0.556. The summed E-state index contributed by atoms with van der Waals surface area (Å²) in [5, 5.41) is 3.13. The van der Waals surface area contributed by atoms with Gasteiger partial charge in [-0.1, -0.05) is 18.5 Å². The number of amides is 4. The molecule has 9 nitrogen and oxygen atoms in total. The van der Waals surface area contributed by atoms with Crippen molar-refractivity contribution >= 4 is 35.3 Å². The molecule has 1 atom stereocenters. The molecule has 4 amide bonds. The van der Waals surface area contributed by atoms with E-state index in [0.717, 1.165) is 12.3 Å². The highest BCUT2D eigenvalue weighted by atomic mass is 35.5. The summed E-state index contributed by atoms with van der Waals surface area (Å²) in [6.45, 7) is 4.89. The van der Waals surface area contributed by atoms with Crippen LogP contribution in [-0.2, 0) is 15.8 Å². The quantitative estimate of drug-likeness (QED) is 0.645. The van der Waals surface area contributed by atoms with Gasteiger partial charge in [0.1, 0.15) is 11.4 Å². The molecule has 3 heterocycles. The second-order valence-corrected chi connectivity index (χ2v) is 7.99. The Morgan fingerprint density at radius 1 is 1.29 bits per heavy atom. The lowest BCUT2D eigenvalue weighted by molar-refractivity contribution is -0.139. The lowest BCUT2D eigenvalue weighted by Crippen LogP contribution is -2.54. The number of hydrogen-bond acceptors (Lipinski definition) is 6. The minimum absolute atomic E-state index is 0.0537. The van der Waals surface area contributed by atoms with Crippen molar-refractivity contribution in [3.8, 4) is 0 Å². The summed E-state index contributed by atoms with van der Waals surface area (Å²) in [5.41, 5.74) is 0.353. The monoisotopic (exact) mass is 462 g/mol. The van der Waals surface area contributed by atoms with Crippen LogP contribution in [-0.4, -0.2) is 71.0 Å². The van der Waals surface area contributed by atoms with E-state index in [2.05, 4.69) is 15.7 Å². The molecule has 13 heteroatoms. The Morgan fingerprint density at radius 2 is 1.94 bits per heavy atom. The van der Waals surface area contributed by atoms with Crippen LogP contribution >= 0.6 is 11.6 Å². The third-order valence-corrected chi connectivity index (χ3v) is 5.67. The van der Waals surface area contributed by atoms with Gasteiger partial charge in [0.2, 0.25) is 0 Å². The summed E-state index contributed by atoms with van der Waals surface area (Å²) in [6, 6.07) is 0.154. The van der Waals surface area contributed by atoms with Crippen molar-refractivity contribution < 1.29 is 27.6 Å². The topological polar surface area (TPSA) is 97.9 Å². The van der Waals surface area contributed by atoms with Crippen LogP contribution in [0.4, 0.5) is 23.8 Å². The van der Waals surface area contributed by atoms with E-state index in [1.807, 2.05) is 0 Å². The lowest BCUT2D eigenvalue weighted by Gasteiger charge is -2.35. The second-order valence-electron chi connectivity index (χ2n) is 7.58. The van der Waals surface area contributed by atoms with Crippen LogP contribution in [0.3, 0.4) is 0 Å². The predicted molar refractivity (Wildman–Crippen MR) is 105 cm³/mol. The van der Waals surface area contributed by atoms with Crippen LogP contribution in [0, 0.1) is 0 Å². The molecule has 0 aromatic carbocycles. The first-order valence-corrected chi connectivity index (χ1v) is 9.98. The van der Waals surface area contributed by atoms with E-state index in [0.29, 0.717) is 37.6 Å². The highest BCUT2D eigenvalue weighted by Gasteiger charge is 2.47. The Morgan fingerprint density at radius 3 is 2.45 bits per heavy atom. The maximum atomic E-state index is 12.8. The molecule has 2 saturated heterocycles. The average Bonchev–Trinajstić information content (AvgIpc) is 2.91. The average molecular weight is 463 g/mol. The first-order chi connectivity index (χ1) is 14.4. The molecular weight excluding hydrogens is 441 g/mol. The van der Waals surface area contributed by atoms with Crippen molar-refractivity contribution in [2.75, 3.05) is 37.6 Å². The van der Waals surface area contributed by atoms with Crippen LogP contribution in [0.5, 0.6) is 0 Å². The number of anilines is 1. The van der Waals surface area contributed by atoms with Crippen LogP contribution in [0.1, 0.15) is 25.8 Å². The third kappa shape index (κ3) is 4.85. The maximum Gasteiger partial charge on any atom is 0.417 e. The fourth-order valence-electron chi connectivity index (χ4n) is 3.32. The Balaban J connectivity index is 1.53. The number of nitrogens with zero attached hydrogens (tertiary/aromatic N) is 4. The van der Waals surface area contributed by atoms with Gasteiger partial charge in [0, 0.05) is 32.4 Å². The molecular formula is C18H22ClF3N6O3. The standard InChI is InChI=1S/C18H22ClF3N6O3/c1-3-17(2)15(30)28(16(31)24-17)25-13(29)10-26-4-6-27(7-5-26)14-12(19)8-11(9-23-14)18(20,21)22/h8-9H,3-7,10H2,1-2H3,(H,24,31)(H,25,29). The Kier molecular flexibility index (Phi) is 6.33. The molecule has 1 unspecified atom stereocenters. The minimum atomic E-state index is -4.52. The summed E-state index contributed by atoms with van der Waals surface area (Å²) >= 11 is 5.99. The van der Waals surface area contributed by atoms with Crippen LogP contribution < -0.4 is 15.6 Å². The summed E-state index contributed by atoms with van der Waals surface area (Å²) in [4.78, 5) is 44.0. The lowest BCUT2D eigenvalue weighted by atomic mass is 10.00. The van der Waals surface area contributed by atoms with Gasteiger partial charge in [0.15, 0.2) is 0 Å². The zero-order valence-electron chi connectivity index (χ0n) is 16.9. The van der Waals surface area contributed by atoms with Gasteiger partial charge in [-0.25, -0.2) is 9.78 Å². The normalized spacial score (nSPS) is 22.6. The number of hydrazine groups is 1. The van der Waals surface area contributed by atoms with Crippen LogP contribution in [0.15, 0.2) is 12.3 Å². The van der Waals surface area contributed by atoms with Gasteiger partial charge in [0.25, 0.3) is 11.8 Å². The SMILES string of the molecule is CCC1(C)NC(=O)N(NC(=O)CN2CCN(c3ncc(C(F)(F)F)cc3Cl)CC2)C1=O. The number of aromatic nitrogens is 1. The van der Waals surface area contributed by atoms with Crippen molar-refractivity contribution in [1.82, 2.24) is 25.6 Å². The molecule has 2 aliphatic heterocycles. The van der Waals surface area contributed by atoms with E-state index in [1.165, 1.54) is 0 Å². The first-order valence-electron chi connectivity index (χ1n) is 9.61. The number of hydrogen-bond donors (Lipinski definition) is 2. The fourth-order valence-corrected chi connectivity index (χ4v) is 3.61. The molecule has 170 valence electrons. The number of piperazine rings is 1. The van der Waals surface area contributed by atoms with Crippen molar-refractivity contribution in [3.63, 3.8) is 0 Å². The van der Waals surface area contributed by atoms with Gasteiger partial charge < -0.3 is 10.2 Å². The molecule has 0 bridgehead atoms. The van der Waals surface area contributed by atoms with Crippen molar-refractivity contribution in [2.24, 2.45) is 0 Å². The van der Waals surface area contributed by atoms with Gasteiger partial charge in [-0.3, -0.25) is 19.9 Å². The molecule has 1 aromatic rings. The van der Waals surface area contributed by atoms with E-state index in [4.69, 9.17) is 11.6 Å². The number of carbonyl (C=O) groups is 3. The van der Waals surface area contributed by atoms with Crippen molar-refractivity contribution in [1.29, 1.82) is 0 Å². The number of imide groups is 1. The molecule has 2 fully saturated rings. The van der Waals surface area contributed by atoms with E-state index < -0.39 is 35.1 Å². The Labute approximate surface area is 181 Å². The molecule has 3 rings (SSSR count). The molecule has 0 spiro atoms. The molecule has 0 aliphatic carbocycles. The maximum absolute atomic E-state index is 12.8. The smallest absolute Gasteiger partial charge is 0.353 e. The van der Waals surface area contributed by atoms with E-state index in [9.17, 15) is 27.6 Å². The molecule has 2 N–H and O–H groups in total. The number of pyridine rings is 1. The number of urea groups is 1. The summed E-state index contributed by atoms with van der Waals surface area (Å²) in [5.74, 6) is -0.805. The van der Waals surface area contributed by atoms with Crippen LogP contribution in [0.25, 0.3) is 0 Å². The van der Waals surface area contributed by atoms with Gasteiger partial charge in [-0.15, -0.1) is 0 Å². The largest absolute Gasteiger partial charge is 0.417 e. The Bertz CT molecular complexity index is 891. The van der Waals surface area contributed by atoms with E-state index in [-0.39, 0.29) is 17.4 Å². The highest BCUT2D eigenvalue weighted by Crippen LogP contribution is 2.33. The van der Waals surface area contributed by atoms with E-state index >= 15 is 0 Å². The van der Waals surface area contributed by atoms with Crippen molar-refractivity contribution in [2.45, 2.75) is 32.0 Å².